The van der Waals surface area contributed by atoms with Gasteiger partial charge in [-0.25, -0.2) is 0 Å². The maximum Gasteiger partial charge on any atom is 0.136 e. The van der Waals surface area contributed by atoms with Gasteiger partial charge in [0.05, 0.1) is 0 Å². The van der Waals surface area contributed by atoms with E-state index in [1.807, 2.05) is 20.8 Å². The number of nitrogens with two attached hydrogens (primary N) is 1. The molecule has 0 aliphatic rings. The molecule has 0 spiro atoms. The number of carbonyl (C=O) groups excluding carboxylic acids is 1. The first-order valence-corrected chi connectivity index (χ1v) is 4.26. The van der Waals surface area contributed by atoms with E-state index in [1.165, 1.54) is 0 Å². The minimum Gasteiger partial charge on any atom is -0.326 e. The summed E-state index contributed by atoms with van der Waals surface area (Å²) in [6.07, 6.45) is 1.81. The number of hydrogen-bond acceptors (Lipinski definition) is 2. The molecule has 0 rings (SSSR count). The normalized spacial score (nSPS) is 11.3. The van der Waals surface area contributed by atoms with Crippen LogP contribution in [-0.4, -0.2) is 11.3 Å². The minimum atomic E-state index is -0.231. The van der Waals surface area contributed by atoms with E-state index < -0.39 is 0 Å². The quantitative estimate of drug-likeness (QED) is 0.640. The average molecular weight is 169 g/mol. The van der Waals surface area contributed by atoms with Crippen LogP contribution in [0.1, 0.15) is 40.0 Å². The Kier molecular flexibility index (Phi) is 4.18. The Bertz CT molecular complexity index is 177. The zero-order chi connectivity index (χ0) is 9.78. The van der Waals surface area contributed by atoms with E-state index in [0.29, 0.717) is 12.8 Å². The third-order valence-corrected chi connectivity index (χ3v) is 1.55. The fourth-order valence-corrected chi connectivity index (χ4v) is 0.887. The lowest BCUT2D eigenvalue weighted by Gasteiger charge is -2.17. The molecule has 0 saturated heterocycles. The molecule has 0 amide bonds. The van der Waals surface area contributed by atoms with Gasteiger partial charge in [0.25, 0.3) is 0 Å². The molecule has 0 unspecified atom stereocenters. The van der Waals surface area contributed by atoms with E-state index in [2.05, 4.69) is 6.58 Å². The predicted octanol–water partition coefficient (Wildman–Crippen LogP) is 2.04. The molecule has 0 aromatic heterocycles. The van der Waals surface area contributed by atoms with Crippen LogP contribution in [0.4, 0.5) is 0 Å². The highest BCUT2D eigenvalue weighted by Gasteiger charge is 2.12. The summed E-state index contributed by atoms with van der Waals surface area (Å²) >= 11 is 0. The molecular formula is C10H19NO. The van der Waals surface area contributed by atoms with Crippen molar-refractivity contribution in [2.75, 3.05) is 0 Å². The Morgan fingerprint density at radius 1 is 1.50 bits per heavy atom. The van der Waals surface area contributed by atoms with Crippen LogP contribution >= 0.6 is 0 Å². The first-order valence-electron chi connectivity index (χ1n) is 4.26. The van der Waals surface area contributed by atoms with Gasteiger partial charge in [-0.2, -0.15) is 0 Å². The maximum absolute atomic E-state index is 11.2. The van der Waals surface area contributed by atoms with Gasteiger partial charge in [0.2, 0.25) is 0 Å². The molecule has 0 heterocycles. The molecule has 0 atom stereocenters. The second-order valence-electron chi connectivity index (χ2n) is 4.16. The smallest absolute Gasteiger partial charge is 0.136 e. The van der Waals surface area contributed by atoms with Crippen molar-refractivity contribution >= 4 is 5.78 Å². The molecule has 2 heteroatoms. The largest absolute Gasteiger partial charge is 0.326 e. The van der Waals surface area contributed by atoms with Crippen molar-refractivity contribution in [2.45, 2.75) is 45.6 Å². The summed E-state index contributed by atoms with van der Waals surface area (Å²) < 4.78 is 0. The summed E-state index contributed by atoms with van der Waals surface area (Å²) in [6.45, 7) is 9.42. The van der Waals surface area contributed by atoms with Crippen LogP contribution in [0.2, 0.25) is 0 Å². The zero-order valence-electron chi connectivity index (χ0n) is 8.31. The Morgan fingerprint density at radius 2 is 2.00 bits per heavy atom. The Labute approximate surface area is 74.8 Å². The van der Waals surface area contributed by atoms with Gasteiger partial charge in [-0.3, -0.25) is 4.79 Å². The first-order chi connectivity index (χ1) is 5.31. The Balaban J connectivity index is 3.65. The van der Waals surface area contributed by atoms with E-state index in [9.17, 15) is 4.79 Å². The minimum absolute atomic E-state index is 0.231. The van der Waals surface area contributed by atoms with Crippen LogP contribution in [0.25, 0.3) is 0 Å². The summed E-state index contributed by atoms with van der Waals surface area (Å²) in [4.78, 5) is 11.2. The van der Waals surface area contributed by atoms with Gasteiger partial charge in [0.15, 0.2) is 0 Å². The van der Waals surface area contributed by atoms with Gasteiger partial charge in [-0.1, -0.05) is 12.2 Å². The highest BCUT2D eigenvalue weighted by Crippen LogP contribution is 2.10. The molecule has 0 bridgehead atoms. The zero-order valence-corrected chi connectivity index (χ0v) is 8.31. The topological polar surface area (TPSA) is 43.1 Å². The second-order valence-corrected chi connectivity index (χ2v) is 4.16. The Morgan fingerprint density at radius 3 is 2.33 bits per heavy atom. The number of ketones is 1. The van der Waals surface area contributed by atoms with Crippen LogP contribution in [0.5, 0.6) is 0 Å². The molecule has 0 aromatic carbocycles. The number of Topliss-reactive ketones (excluding diaryl/α,β-unsaturated/α-hetero) is 1. The summed E-state index contributed by atoms with van der Waals surface area (Å²) in [5, 5.41) is 0. The van der Waals surface area contributed by atoms with E-state index in [4.69, 9.17) is 5.73 Å². The number of carbonyl (C=O) groups is 1. The van der Waals surface area contributed by atoms with Crippen LogP contribution in [0, 0.1) is 0 Å². The molecule has 0 aliphatic heterocycles. The number of hydrogen-bond donors (Lipinski definition) is 1. The Hall–Kier alpha value is -0.630. The predicted molar refractivity (Wildman–Crippen MR) is 51.9 cm³/mol. The van der Waals surface area contributed by atoms with E-state index >= 15 is 0 Å². The highest BCUT2D eigenvalue weighted by atomic mass is 16.1. The van der Waals surface area contributed by atoms with Crippen molar-refractivity contribution in [3.05, 3.63) is 12.2 Å². The summed E-state index contributed by atoms with van der Waals surface area (Å²) in [5.41, 5.74) is 6.43. The van der Waals surface area contributed by atoms with Crippen molar-refractivity contribution in [1.29, 1.82) is 0 Å². The fraction of sp³-hybridized carbons (Fsp3) is 0.700. The van der Waals surface area contributed by atoms with Crippen molar-refractivity contribution in [2.24, 2.45) is 5.73 Å². The molecular weight excluding hydrogens is 150 g/mol. The van der Waals surface area contributed by atoms with Crippen molar-refractivity contribution in [3.8, 4) is 0 Å². The maximum atomic E-state index is 11.2. The molecule has 0 saturated carbocycles. The van der Waals surface area contributed by atoms with Crippen molar-refractivity contribution in [1.82, 2.24) is 0 Å². The molecule has 2 N–H and O–H groups in total. The molecule has 2 nitrogen and oxygen atoms in total. The lowest BCUT2D eigenvalue weighted by atomic mass is 9.97. The summed E-state index contributed by atoms with van der Waals surface area (Å²) in [6, 6.07) is 0. The second kappa shape index (κ2) is 4.41. The van der Waals surface area contributed by atoms with Gasteiger partial charge < -0.3 is 5.73 Å². The van der Waals surface area contributed by atoms with E-state index in [0.717, 1.165) is 12.0 Å². The van der Waals surface area contributed by atoms with Crippen LogP contribution in [0.3, 0.4) is 0 Å². The monoisotopic (exact) mass is 169 g/mol. The van der Waals surface area contributed by atoms with Crippen LogP contribution in [0.15, 0.2) is 12.2 Å². The highest BCUT2D eigenvalue weighted by molar-refractivity contribution is 5.80. The molecule has 0 fully saturated rings. The third-order valence-electron chi connectivity index (χ3n) is 1.55. The fourth-order valence-electron chi connectivity index (χ4n) is 0.887. The van der Waals surface area contributed by atoms with Crippen molar-refractivity contribution < 1.29 is 4.79 Å². The van der Waals surface area contributed by atoms with Gasteiger partial charge in [0, 0.05) is 18.4 Å². The number of allylic oxidation sites excluding steroid dienone is 1. The van der Waals surface area contributed by atoms with Gasteiger partial charge in [-0.15, -0.1) is 0 Å². The first kappa shape index (κ1) is 11.4. The van der Waals surface area contributed by atoms with E-state index in [-0.39, 0.29) is 11.3 Å². The van der Waals surface area contributed by atoms with Crippen molar-refractivity contribution in [3.63, 3.8) is 0 Å². The number of rotatable bonds is 5. The van der Waals surface area contributed by atoms with E-state index in [1.54, 1.807) is 0 Å². The molecule has 0 aromatic rings. The lowest BCUT2D eigenvalue weighted by Crippen LogP contribution is -2.32. The SMILES string of the molecule is C=C(C)CC(=O)CCC(C)(C)N. The molecule has 70 valence electrons. The third kappa shape index (κ3) is 7.48. The van der Waals surface area contributed by atoms with Crippen LogP contribution in [-0.2, 0) is 4.79 Å². The molecule has 0 aliphatic carbocycles. The lowest BCUT2D eigenvalue weighted by molar-refractivity contribution is -0.118. The summed E-state index contributed by atoms with van der Waals surface area (Å²) in [5.74, 6) is 0.237. The summed E-state index contributed by atoms with van der Waals surface area (Å²) in [7, 11) is 0. The standard InChI is InChI=1S/C10H19NO/c1-8(2)7-9(12)5-6-10(3,4)11/h1,5-7,11H2,2-4H3. The van der Waals surface area contributed by atoms with Gasteiger partial charge >= 0.3 is 0 Å². The van der Waals surface area contributed by atoms with Crippen LogP contribution < -0.4 is 5.73 Å². The molecule has 0 radical (unpaired) electrons. The average Bonchev–Trinajstić information content (AvgIpc) is 1.80. The molecule has 12 heavy (non-hydrogen) atoms. The van der Waals surface area contributed by atoms with Gasteiger partial charge in [-0.05, 0) is 27.2 Å². The van der Waals surface area contributed by atoms with Gasteiger partial charge in [0.1, 0.15) is 5.78 Å².